The SMILES string of the molecule is Cn1ncc(Br)c1C(=O)N1CC[NH+]2CCC[C@H]2C1. The summed E-state index contributed by atoms with van der Waals surface area (Å²) >= 11 is 3.40. The normalized spacial score (nSPS) is 27.3. The van der Waals surface area contributed by atoms with Crippen molar-refractivity contribution in [3.8, 4) is 0 Å². The van der Waals surface area contributed by atoms with Crippen LogP contribution in [0.25, 0.3) is 0 Å². The van der Waals surface area contributed by atoms with Crippen molar-refractivity contribution in [3.63, 3.8) is 0 Å². The standard InChI is InChI=1S/C12H17BrN4O/c1-15-11(10(13)7-14-15)12(18)17-6-5-16-4-2-3-9(16)8-17/h7,9H,2-6,8H2,1H3/p+1/t9-/m0/s1. The van der Waals surface area contributed by atoms with E-state index >= 15 is 0 Å². The fourth-order valence-corrected chi connectivity index (χ4v) is 3.67. The monoisotopic (exact) mass is 313 g/mol. The number of hydrogen-bond donors (Lipinski definition) is 1. The number of hydrogen-bond acceptors (Lipinski definition) is 2. The van der Waals surface area contributed by atoms with Crippen LogP contribution in [0.15, 0.2) is 10.7 Å². The lowest BCUT2D eigenvalue weighted by Crippen LogP contribution is -3.16. The van der Waals surface area contributed by atoms with Gasteiger partial charge in [0.2, 0.25) is 0 Å². The first-order chi connectivity index (χ1) is 8.66. The van der Waals surface area contributed by atoms with Gasteiger partial charge in [-0.1, -0.05) is 0 Å². The van der Waals surface area contributed by atoms with Crippen molar-refractivity contribution in [2.24, 2.45) is 7.05 Å². The molecule has 1 aromatic rings. The number of fused-ring (bicyclic) bond motifs is 1. The molecule has 0 saturated carbocycles. The van der Waals surface area contributed by atoms with Gasteiger partial charge in [-0.2, -0.15) is 5.10 Å². The van der Waals surface area contributed by atoms with E-state index in [-0.39, 0.29) is 5.91 Å². The van der Waals surface area contributed by atoms with Crippen molar-refractivity contribution >= 4 is 21.8 Å². The number of nitrogens with one attached hydrogen (secondary N) is 1. The molecular formula is C12H18BrN4O+. The Hall–Kier alpha value is -0.880. The summed E-state index contributed by atoms with van der Waals surface area (Å²) < 4.78 is 2.44. The average Bonchev–Trinajstić information content (AvgIpc) is 2.94. The minimum atomic E-state index is 0.104. The van der Waals surface area contributed by atoms with Gasteiger partial charge >= 0.3 is 0 Å². The summed E-state index contributed by atoms with van der Waals surface area (Å²) in [5.74, 6) is 0.104. The van der Waals surface area contributed by atoms with Crippen LogP contribution in [0, 0.1) is 0 Å². The third kappa shape index (κ3) is 1.97. The number of aryl methyl sites for hydroxylation is 1. The van der Waals surface area contributed by atoms with E-state index < -0.39 is 0 Å². The molecule has 2 aliphatic rings. The van der Waals surface area contributed by atoms with Crippen molar-refractivity contribution in [3.05, 3.63) is 16.4 Å². The third-order valence-corrected chi connectivity index (χ3v) is 4.74. The lowest BCUT2D eigenvalue weighted by atomic mass is 10.1. The van der Waals surface area contributed by atoms with Crippen molar-refractivity contribution in [2.75, 3.05) is 26.2 Å². The summed E-state index contributed by atoms with van der Waals surface area (Å²) in [4.78, 5) is 16.2. The second-order valence-corrected chi connectivity index (χ2v) is 6.07. The zero-order chi connectivity index (χ0) is 12.7. The molecular weight excluding hydrogens is 296 g/mol. The van der Waals surface area contributed by atoms with Crippen molar-refractivity contribution < 1.29 is 9.69 Å². The summed E-state index contributed by atoms with van der Waals surface area (Å²) in [7, 11) is 1.81. The molecule has 1 amide bonds. The highest BCUT2D eigenvalue weighted by Crippen LogP contribution is 2.18. The number of quaternary nitrogens is 1. The van der Waals surface area contributed by atoms with E-state index in [2.05, 4.69) is 21.0 Å². The van der Waals surface area contributed by atoms with Crippen LogP contribution in [0.4, 0.5) is 0 Å². The Morgan fingerprint density at radius 3 is 3.11 bits per heavy atom. The molecule has 1 unspecified atom stereocenters. The minimum Gasteiger partial charge on any atom is -0.330 e. The molecule has 2 saturated heterocycles. The van der Waals surface area contributed by atoms with Gasteiger partial charge in [-0.3, -0.25) is 9.48 Å². The maximum atomic E-state index is 12.5. The molecule has 98 valence electrons. The molecule has 0 bridgehead atoms. The average molecular weight is 314 g/mol. The van der Waals surface area contributed by atoms with Crippen molar-refractivity contribution in [2.45, 2.75) is 18.9 Å². The van der Waals surface area contributed by atoms with E-state index in [1.807, 2.05) is 11.9 Å². The lowest BCUT2D eigenvalue weighted by molar-refractivity contribution is -0.916. The van der Waals surface area contributed by atoms with Gasteiger partial charge in [0.1, 0.15) is 11.7 Å². The Labute approximate surface area is 115 Å². The van der Waals surface area contributed by atoms with Gasteiger partial charge in [0, 0.05) is 19.9 Å². The Morgan fingerprint density at radius 1 is 1.56 bits per heavy atom. The molecule has 0 spiro atoms. The maximum absolute atomic E-state index is 12.5. The molecule has 3 heterocycles. The maximum Gasteiger partial charge on any atom is 0.273 e. The molecule has 18 heavy (non-hydrogen) atoms. The predicted octanol–water partition coefficient (Wildman–Crippen LogP) is -0.314. The second-order valence-electron chi connectivity index (χ2n) is 5.21. The Bertz CT molecular complexity index is 453. The van der Waals surface area contributed by atoms with Gasteiger partial charge in [0.05, 0.1) is 36.8 Å². The van der Waals surface area contributed by atoms with Crippen LogP contribution < -0.4 is 4.90 Å². The van der Waals surface area contributed by atoms with Gasteiger partial charge in [-0.05, 0) is 15.9 Å². The third-order valence-electron chi connectivity index (χ3n) is 4.16. The first kappa shape index (κ1) is 12.2. The molecule has 2 aliphatic heterocycles. The molecule has 1 aromatic heterocycles. The van der Waals surface area contributed by atoms with Gasteiger partial charge in [-0.15, -0.1) is 0 Å². The number of amides is 1. The summed E-state index contributed by atoms with van der Waals surface area (Å²) in [5.41, 5.74) is 0.663. The fraction of sp³-hybridized carbons (Fsp3) is 0.667. The number of aromatic nitrogens is 2. The zero-order valence-electron chi connectivity index (χ0n) is 10.5. The number of halogens is 1. The van der Waals surface area contributed by atoms with Gasteiger partial charge < -0.3 is 9.80 Å². The number of carbonyl (C=O) groups is 1. The number of carbonyl (C=O) groups excluding carboxylic acids is 1. The van der Waals surface area contributed by atoms with Crippen LogP contribution in [-0.4, -0.2) is 52.8 Å². The van der Waals surface area contributed by atoms with E-state index in [1.165, 1.54) is 19.4 Å². The Balaban J connectivity index is 1.77. The zero-order valence-corrected chi connectivity index (χ0v) is 12.1. The molecule has 3 rings (SSSR count). The number of rotatable bonds is 1. The first-order valence-electron chi connectivity index (χ1n) is 6.48. The van der Waals surface area contributed by atoms with E-state index in [0.717, 1.165) is 24.1 Å². The van der Waals surface area contributed by atoms with Crippen LogP contribution in [0.1, 0.15) is 23.3 Å². The topological polar surface area (TPSA) is 42.6 Å². The molecule has 6 heteroatoms. The minimum absolute atomic E-state index is 0.104. The van der Waals surface area contributed by atoms with E-state index in [9.17, 15) is 4.79 Å². The smallest absolute Gasteiger partial charge is 0.273 e. The highest BCUT2D eigenvalue weighted by Gasteiger charge is 2.37. The molecule has 0 aromatic carbocycles. The molecule has 2 atom stereocenters. The molecule has 0 radical (unpaired) electrons. The summed E-state index contributed by atoms with van der Waals surface area (Å²) in [6.07, 6.45) is 4.24. The van der Waals surface area contributed by atoms with Gasteiger partial charge in [0.15, 0.2) is 0 Å². The largest absolute Gasteiger partial charge is 0.330 e. The molecule has 1 N–H and O–H groups in total. The quantitative estimate of drug-likeness (QED) is 0.772. The second kappa shape index (κ2) is 4.66. The highest BCUT2D eigenvalue weighted by atomic mass is 79.9. The van der Waals surface area contributed by atoms with Crippen LogP contribution in [-0.2, 0) is 7.05 Å². The summed E-state index contributed by atoms with van der Waals surface area (Å²) in [5, 5.41) is 4.12. The van der Waals surface area contributed by atoms with Gasteiger partial charge in [-0.25, -0.2) is 0 Å². The van der Waals surface area contributed by atoms with Crippen LogP contribution >= 0.6 is 15.9 Å². The molecule has 2 fully saturated rings. The lowest BCUT2D eigenvalue weighted by Gasteiger charge is -2.34. The van der Waals surface area contributed by atoms with Crippen molar-refractivity contribution in [1.29, 1.82) is 0 Å². The van der Waals surface area contributed by atoms with Crippen LogP contribution in [0.3, 0.4) is 0 Å². The van der Waals surface area contributed by atoms with Gasteiger partial charge in [0.25, 0.3) is 5.91 Å². The van der Waals surface area contributed by atoms with Crippen LogP contribution in [0.2, 0.25) is 0 Å². The predicted molar refractivity (Wildman–Crippen MR) is 70.5 cm³/mol. The Morgan fingerprint density at radius 2 is 2.39 bits per heavy atom. The Kier molecular flexibility index (Phi) is 3.15. The number of piperazine rings is 1. The van der Waals surface area contributed by atoms with E-state index in [0.29, 0.717) is 11.7 Å². The summed E-state index contributed by atoms with van der Waals surface area (Å²) in [6, 6.07) is 0.648. The van der Waals surface area contributed by atoms with E-state index in [1.54, 1.807) is 15.8 Å². The highest BCUT2D eigenvalue weighted by molar-refractivity contribution is 9.10. The molecule has 5 nitrogen and oxygen atoms in total. The molecule has 0 aliphatic carbocycles. The summed E-state index contributed by atoms with van der Waals surface area (Å²) in [6.45, 7) is 4.13. The van der Waals surface area contributed by atoms with Crippen molar-refractivity contribution in [1.82, 2.24) is 14.7 Å². The first-order valence-corrected chi connectivity index (χ1v) is 7.27. The van der Waals surface area contributed by atoms with E-state index in [4.69, 9.17) is 0 Å². The van der Waals surface area contributed by atoms with Crippen LogP contribution in [0.5, 0.6) is 0 Å². The fourth-order valence-electron chi connectivity index (χ4n) is 3.15. The number of nitrogens with zero attached hydrogens (tertiary/aromatic N) is 3.